The molecule has 6 heteroatoms. The number of aliphatic hydroxyl groups is 1. The Balaban J connectivity index is 2.22. The number of hydrogen-bond donors (Lipinski definition) is 3. The van der Waals surface area contributed by atoms with E-state index in [-0.39, 0.29) is 25.0 Å². The van der Waals surface area contributed by atoms with Gasteiger partial charge in [-0.2, -0.15) is 0 Å². The van der Waals surface area contributed by atoms with Gasteiger partial charge >= 0.3 is 6.03 Å². The Morgan fingerprint density at radius 1 is 1.50 bits per heavy atom. The monoisotopic (exact) mass is 229 g/mol. The van der Waals surface area contributed by atoms with E-state index >= 15 is 0 Å². The molecule has 92 valence electrons. The summed E-state index contributed by atoms with van der Waals surface area (Å²) in [6.45, 7) is 4.18. The van der Waals surface area contributed by atoms with Crippen molar-refractivity contribution in [2.45, 2.75) is 13.3 Å². The van der Waals surface area contributed by atoms with Gasteiger partial charge in [0.15, 0.2) is 0 Å². The van der Waals surface area contributed by atoms with Gasteiger partial charge in [-0.3, -0.25) is 15.0 Å². The van der Waals surface area contributed by atoms with Crippen LogP contribution in [0.15, 0.2) is 0 Å². The molecule has 0 spiro atoms. The van der Waals surface area contributed by atoms with E-state index in [1.807, 2.05) is 4.90 Å². The molecule has 0 aromatic heterocycles. The standard InChI is InChI=1S/C10H19N3O3/c1-2-11-10(16)12-9(15)6-13-4-3-8(5-13)7-14/h8,14H,2-7H2,1H3,(H2,11,12,15,16). The van der Waals surface area contributed by atoms with E-state index in [0.29, 0.717) is 6.54 Å². The van der Waals surface area contributed by atoms with Crippen molar-refractivity contribution in [3.05, 3.63) is 0 Å². The van der Waals surface area contributed by atoms with Crippen LogP contribution in [0.5, 0.6) is 0 Å². The van der Waals surface area contributed by atoms with Crippen molar-refractivity contribution >= 4 is 11.9 Å². The Morgan fingerprint density at radius 3 is 2.81 bits per heavy atom. The summed E-state index contributed by atoms with van der Waals surface area (Å²) in [5.41, 5.74) is 0. The Kier molecular flexibility index (Phi) is 5.21. The first-order valence-electron chi connectivity index (χ1n) is 5.56. The maximum atomic E-state index is 11.4. The number of carbonyl (C=O) groups excluding carboxylic acids is 2. The van der Waals surface area contributed by atoms with Crippen molar-refractivity contribution in [1.82, 2.24) is 15.5 Å². The minimum Gasteiger partial charge on any atom is -0.396 e. The Bertz CT molecular complexity index is 258. The Morgan fingerprint density at radius 2 is 2.25 bits per heavy atom. The fourth-order valence-electron chi connectivity index (χ4n) is 1.78. The minimum atomic E-state index is -0.453. The lowest BCUT2D eigenvalue weighted by atomic mass is 10.1. The van der Waals surface area contributed by atoms with Gasteiger partial charge in [0.2, 0.25) is 5.91 Å². The van der Waals surface area contributed by atoms with E-state index in [4.69, 9.17) is 5.11 Å². The number of aliphatic hydroxyl groups excluding tert-OH is 1. The highest BCUT2D eigenvalue weighted by atomic mass is 16.3. The number of imide groups is 1. The summed E-state index contributed by atoms with van der Waals surface area (Å²) < 4.78 is 0. The topological polar surface area (TPSA) is 81.7 Å². The second-order valence-electron chi connectivity index (χ2n) is 3.98. The van der Waals surface area contributed by atoms with E-state index in [1.165, 1.54) is 0 Å². The number of nitrogens with zero attached hydrogens (tertiary/aromatic N) is 1. The van der Waals surface area contributed by atoms with Crippen molar-refractivity contribution in [2.75, 3.05) is 32.8 Å². The zero-order valence-electron chi connectivity index (χ0n) is 9.53. The molecule has 0 aromatic carbocycles. The quantitative estimate of drug-likeness (QED) is 0.586. The molecule has 3 N–H and O–H groups in total. The van der Waals surface area contributed by atoms with E-state index in [9.17, 15) is 9.59 Å². The summed E-state index contributed by atoms with van der Waals surface area (Å²) >= 11 is 0. The molecule has 0 saturated carbocycles. The zero-order chi connectivity index (χ0) is 12.0. The van der Waals surface area contributed by atoms with Crippen LogP contribution in [0.3, 0.4) is 0 Å². The molecule has 16 heavy (non-hydrogen) atoms. The molecule has 0 radical (unpaired) electrons. The predicted molar refractivity (Wildman–Crippen MR) is 58.8 cm³/mol. The van der Waals surface area contributed by atoms with E-state index in [2.05, 4.69) is 10.6 Å². The van der Waals surface area contributed by atoms with Crippen LogP contribution in [0.25, 0.3) is 0 Å². The molecular weight excluding hydrogens is 210 g/mol. The molecule has 1 atom stereocenters. The van der Waals surface area contributed by atoms with E-state index < -0.39 is 6.03 Å². The molecule has 1 aliphatic rings. The minimum absolute atomic E-state index is 0.161. The van der Waals surface area contributed by atoms with Crippen molar-refractivity contribution in [1.29, 1.82) is 0 Å². The predicted octanol–water partition coefficient (Wildman–Crippen LogP) is -0.854. The Labute approximate surface area is 95.0 Å². The van der Waals surface area contributed by atoms with Crippen LogP contribution in [0.1, 0.15) is 13.3 Å². The number of urea groups is 1. The molecule has 1 unspecified atom stereocenters. The summed E-state index contributed by atoms with van der Waals surface area (Å²) in [7, 11) is 0. The number of nitrogens with one attached hydrogen (secondary N) is 2. The van der Waals surface area contributed by atoms with Crippen LogP contribution in [0.4, 0.5) is 4.79 Å². The van der Waals surface area contributed by atoms with E-state index in [1.54, 1.807) is 6.92 Å². The third-order valence-electron chi connectivity index (χ3n) is 2.59. The maximum absolute atomic E-state index is 11.4. The first kappa shape index (κ1) is 12.9. The fourth-order valence-corrected chi connectivity index (χ4v) is 1.78. The van der Waals surface area contributed by atoms with Gasteiger partial charge in [0.05, 0.1) is 6.54 Å². The first-order chi connectivity index (χ1) is 7.65. The molecule has 6 nitrogen and oxygen atoms in total. The fraction of sp³-hybridized carbons (Fsp3) is 0.800. The first-order valence-corrected chi connectivity index (χ1v) is 5.56. The molecule has 1 rings (SSSR count). The lowest BCUT2D eigenvalue weighted by Crippen LogP contribution is -2.44. The van der Waals surface area contributed by atoms with Gasteiger partial charge in [-0.15, -0.1) is 0 Å². The summed E-state index contributed by atoms with van der Waals surface area (Å²) in [5.74, 6) is -0.0400. The van der Waals surface area contributed by atoms with Crippen molar-refractivity contribution in [3.63, 3.8) is 0 Å². The molecule has 1 aliphatic heterocycles. The normalized spacial score (nSPS) is 20.8. The number of rotatable bonds is 4. The van der Waals surface area contributed by atoms with Crippen LogP contribution in [0, 0.1) is 5.92 Å². The summed E-state index contributed by atoms with van der Waals surface area (Å²) in [6.07, 6.45) is 0.908. The van der Waals surface area contributed by atoms with Crippen molar-refractivity contribution < 1.29 is 14.7 Å². The molecule has 3 amide bonds. The SMILES string of the molecule is CCNC(=O)NC(=O)CN1CCC(CO)C1. The second-order valence-corrected chi connectivity index (χ2v) is 3.98. The zero-order valence-corrected chi connectivity index (χ0v) is 9.53. The number of carbonyl (C=O) groups is 2. The van der Waals surface area contributed by atoms with Gasteiger partial charge in [0.1, 0.15) is 0 Å². The lowest BCUT2D eigenvalue weighted by Gasteiger charge is -2.14. The number of amides is 3. The van der Waals surface area contributed by atoms with E-state index in [0.717, 1.165) is 19.5 Å². The van der Waals surface area contributed by atoms with Gasteiger partial charge in [-0.1, -0.05) is 0 Å². The second kappa shape index (κ2) is 6.44. The average molecular weight is 229 g/mol. The van der Waals surface area contributed by atoms with Crippen LogP contribution < -0.4 is 10.6 Å². The van der Waals surface area contributed by atoms with Gasteiger partial charge in [0.25, 0.3) is 0 Å². The highest BCUT2D eigenvalue weighted by Crippen LogP contribution is 2.14. The molecule has 1 fully saturated rings. The molecule has 0 aromatic rings. The molecule has 0 aliphatic carbocycles. The number of hydrogen-bond acceptors (Lipinski definition) is 4. The van der Waals surface area contributed by atoms with Crippen LogP contribution in [-0.4, -0.2) is 54.7 Å². The van der Waals surface area contributed by atoms with Crippen LogP contribution in [-0.2, 0) is 4.79 Å². The summed E-state index contributed by atoms with van der Waals surface area (Å²) in [6, 6.07) is -0.453. The molecular formula is C10H19N3O3. The Hall–Kier alpha value is -1.14. The van der Waals surface area contributed by atoms with Gasteiger partial charge in [-0.05, 0) is 25.8 Å². The highest BCUT2D eigenvalue weighted by Gasteiger charge is 2.23. The molecule has 0 bridgehead atoms. The lowest BCUT2D eigenvalue weighted by molar-refractivity contribution is -0.120. The summed E-state index contributed by atoms with van der Waals surface area (Å²) in [5, 5.41) is 13.7. The molecule has 1 saturated heterocycles. The third-order valence-corrected chi connectivity index (χ3v) is 2.59. The van der Waals surface area contributed by atoms with Gasteiger partial charge in [0, 0.05) is 19.7 Å². The van der Waals surface area contributed by atoms with Crippen LogP contribution in [0.2, 0.25) is 0 Å². The summed E-state index contributed by atoms with van der Waals surface area (Å²) in [4.78, 5) is 24.4. The smallest absolute Gasteiger partial charge is 0.321 e. The van der Waals surface area contributed by atoms with Gasteiger partial charge < -0.3 is 10.4 Å². The van der Waals surface area contributed by atoms with Crippen LogP contribution >= 0.6 is 0 Å². The molecule has 1 heterocycles. The van der Waals surface area contributed by atoms with Gasteiger partial charge in [-0.25, -0.2) is 4.79 Å². The third kappa shape index (κ3) is 4.16. The van der Waals surface area contributed by atoms with Crippen molar-refractivity contribution in [3.8, 4) is 0 Å². The maximum Gasteiger partial charge on any atom is 0.321 e. The highest BCUT2D eigenvalue weighted by molar-refractivity contribution is 5.95. The van der Waals surface area contributed by atoms with Crippen molar-refractivity contribution in [2.24, 2.45) is 5.92 Å². The largest absolute Gasteiger partial charge is 0.396 e. The number of likely N-dealkylation sites (tertiary alicyclic amines) is 1. The average Bonchev–Trinajstić information content (AvgIpc) is 2.65.